The van der Waals surface area contributed by atoms with Crippen LogP contribution in [0.1, 0.15) is 44.0 Å². The zero-order valence-electron chi connectivity index (χ0n) is 17.2. The van der Waals surface area contributed by atoms with E-state index in [1.807, 2.05) is 0 Å². The Morgan fingerprint density at radius 3 is 2.30 bits per heavy atom. The number of nitrogens with zero attached hydrogens (tertiary/aromatic N) is 5. The summed E-state index contributed by atoms with van der Waals surface area (Å²) in [4.78, 5) is 15.2. The van der Waals surface area contributed by atoms with Gasteiger partial charge in [0.05, 0.1) is 5.41 Å². The number of hydrogen-bond donors (Lipinski definition) is 2. The number of anilines is 2. The van der Waals surface area contributed by atoms with Gasteiger partial charge in [0, 0.05) is 37.1 Å². The largest absolute Gasteiger partial charge is 0.368 e. The highest BCUT2D eigenvalue weighted by Gasteiger charge is 2.47. The molecule has 2 fully saturated rings. The molecule has 1 aromatic carbocycles. The van der Waals surface area contributed by atoms with Gasteiger partial charge in [-0.2, -0.15) is 4.98 Å². The van der Waals surface area contributed by atoms with Gasteiger partial charge >= 0.3 is 6.01 Å². The fourth-order valence-corrected chi connectivity index (χ4v) is 4.35. The summed E-state index contributed by atoms with van der Waals surface area (Å²) in [5, 5.41) is 4.42. The van der Waals surface area contributed by atoms with Crippen molar-refractivity contribution in [3.05, 3.63) is 48.0 Å². The van der Waals surface area contributed by atoms with Crippen molar-refractivity contribution in [2.75, 3.05) is 23.7 Å². The molecule has 1 atom stereocenters. The van der Waals surface area contributed by atoms with Crippen molar-refractivity contribution < 1.29 is 4.52 Å². The summed E-state index contributed by atoms with van der Waals surface area (Å²) in [6.07, 6.45) is 7.74. The second-order valence-corrected chi connectivity index (χ2v) is 8.61. The van der Waals surface area contributed by atoms with E-state index >= 15 is 0 Å². The fourth-order valence-electron chi connectivity index (χ4n) is 4.35. The van der Waals surface area contributed by atoms with E-state index in [-0.39, 0.29) is 17.4 Å². The second-order valence-electron chi connectivity index (χ2n) is 8.61. The highest BCUT2D eigenvalue weighted by molar-refractivity contribution is 5.62. The minimum Gasteiger partial charge on any atom is -0.368 e. The zero-order chi connectivity index (χ0) is 20.7. The van der Waals surface area contributed by atoms with Crippen molar-refractivity contribution >= 4 is 12.0 Å². The SMILES string of the molecule is CC(c1ccc(-c2cnc(N)nc2)cc1)(c1noc(N2CCC(N)CC2)n1)C1CC1. The number of nitrogen functional groups attached to an aromatic ring is 1. The minimum atomic E-state index is -0.274. The van der Waals surface area contributed by atoms with Gasteiger partial charge in [-0.1, -0.05) is 29.4 Å². The van der Waals surface area contributed by atoms with Crippen molar-refractivity contribution in [3.63, 3.8) is 0 Å². The Morgan fingerprint density at radius 1 is 1.00 bits per heavy atom. The van der Waals surface area contributed by atoms with Crippen LogP contribution in [-0.2, 0) is 5.41 Å². The third-order valence-electron chi connectivity index (χ3n) is 6.57. The van der Waals surface area contributed by atoms with Crippen molar-refractivity contribution in [1.82, 2.24) is 20.1 Å². The summed E-state index contributed by atoms with van der Waals surface area (Å²) < 4.78 is 5.68. The van der Waals surface area contributed by atoms with Gasteiger partial charge in [-0.3, -0.25) is 0 Å². The molecule has 0 amide bonds. The average Bonchev–Trinajstić information content (AvgIpc) is 3.52. The Hall–Kier alpha value is -3.00. The van der Waals surface area contributed by atoms with Gasteiger partial charge < -0.3 is 20.9 Å². The number of hydrogen-bond acceptors (Lipinski definition) is 8. The maximum Gasteiger partial charge on any atom is 0.324 e. The topological polar surface area (TPSA) is 120 Å². The maximum absolute atomic E-state index is 6.03. The summed E-state index contributed by atoms with van der Waals surface area (Å²) in [5.74, 6) is 1.56. The molecule has 3 heterocycles. The summed E-state index contributed by atoms with van der Waals surface area (Å²) in [5.41, 5.74) is 14.5. The first-order valence-electron chi connectivity index (χ1n) is 10.6. The van der Waals surface area contributed by atoms with Crippen LogP contribution >= 0.6 is 0 Å². The Balaban J connectivity index is 1.43. The Labute approximate surface area is 175 Å². The molecule has 1 unspecified atom stereocenters. The Morgan fingerprint density at radius 2 is 1.67 bits per heavy atom. The first kappa shape index (κ1) is 19.0. The molecule has 156 valence electrons. The molecular weight excluding hydrogens is 378 g/mol. The number of nitrogens with two attached hydrogens (primary N) is 2. The monoisotopic (exact) mass is 405 g/mol. The molecule has 2 aliphatic rings. The molecule has 0 radical (unpaired) electrons. The number of rotatable bonds is 5. The third kappa shape index (κ3) is 3.41. The number of aromatic nitrogens is 4. The van der Waals surface area contributed by atoms with Gasteiger partial charge in [0.1, 0.15) is 0 Å². The van der Waals surface area contributed by atoms with E-state index in [9.17, 15) is 0 Å². The highest BCUT2D eigenvalue weighted by Crippen LogP contribution is 2.50. The van der Waals surface area contributed by atoms with Crippen LogP contribution < -0.4 is 16.4 Å². The fraction of sp³-hybridized carbons (Fsp3) is 0.455. The van der Waals surface area contributed by atoms with E-state index in [1.54, 1.807) is 12.4 Å². The molecule has 0 bridgehead atoms. The van der Waals surface area contributed by atoms with E-state index < -0.39 is 0 Å². The molecule has 1 aliphatic heterocycles. The molecule has 5 rings (SSSR count). The standard InChI is InChI=1S/C22H27N7O/c1-22(17-6-7-17,19-27-21(30-28-19)29-10-8-18(23)9-11-29)16-4-2-14(3-5-16)15-12-25-20(24)26-13-15/h2-5,12-13,17-18H,6-11,23H2,1H3,(H2,24,25,26). The third-order valence-corrected chi connectivity index (χ3v) is 6.57. The lowest BCUT2D eigenvalue weighted by molar-refractivity contribution is 0.370. The van der Waals surface area contributed by atoms with E-state index in [2.05, 4.69) is 51.2 Å². The maximum atomic E-state index is 6.03. The second kappa shape index (κ2) is 7.36. The average molecular weight is 406 g/mol. The van der Waals surface area contributed by atoms with Crippen molar-refractivity contribution in [2.24, 2.45) is 11.7 Å². The first-order chi connectivity index (χ1) is 14.5. The van der Waals surface area contributed by atoms with Gasteiger partial charge in [-0.15, -0.1) is 0 Å². The molecule has 0 spiro atoms. The van der Waals surface area contributed by atoms with Gasteiger partial charge in [0.25, 0.3) is 0 Å². The van der Waals surface area contributed by atoms with E-state index in [4.69, 9.17) is 21.0 Å². The smallest absolute Gasteiger partial charge is 0.324 e. The molecule has 1 saturated carbocycles. The van der Waals surface area contributed by atoms with Gasteiger partial charge in [0.15, 0.2) is 5.82 Å². The number of benzene rings is 1. The molecule has 30 heavy (non-hydrogen) atoms. The predicted octanol–water partition coefficient (Wildman–Crippen LogP) is 2.75. The van der Waals surface area contributed by atoms with Crippen LogP contribution in [0.3, 0.4) is 0 Å². The van der Waals surface area contributed by atoms with E-state index in [1.165, 1.54) is 18.4 Å². The van der Waals surface area contributed by atoms with Crippen molar-refractivity contribution in [2.45, 2.75) is 44.1 Å². The minimum absolute atomic E-state index is 0.269. The molecule has 1 saturated heterocycles. The zero-order valence-corrected chi connectivity index (χ0v) is 17.2. The molecule has 1 aliphatic carbocycles. The summed E-state index contributed by atoms with van der Waals surface area (Å²) in [6, 6.07) is 9.38. The molecule has 4 N–H and O–H groups in total. The van der Waals surface area contributed by atoms with Gasteiger partial charge in [-0.25, -0.2) is 9.97 Å². The van der Waals surface area contributed by atoms with E-state index in [0.29, 0.717) is 11.9 Å². The lowest BCUT2D eigenvalue weighted by atomic mass is 9.77. The van der Waals surface area contributed by atoms with Crippen LogP contribution in [0.4, 0.5) is 12.0 Å². The molecule has 8 heteroatoms. The van der Waals surface area contributed by atoms with Crippen LogP contribution in [-0.4, -0.2) is 39.2 Å². The first-order valence-corrected chi connectivity index (χ1v) is 10.6. The normalized spacial score (nSPS) is 19.6. The van der Waals surface area contributed by atoms with Crippen LogP contribution in [0.2, 0.25) is 0 Å². The lowest BCUT2D eigenvalue weighted by Gasteiger charge is -2.29. The quantitative estimate of drug-likeness (QED) is 0.665. The van der Waals surface area contributed by atoms with Crippen LogP contribution in [0.15, 0.2) is 41.2 Å². The summed E-state index contributed by atoms with van der Waals surface area (Å²) >= 11 is 0. The molecule has 8 nitrogen and oxygen atoms in total. The Kier molecular flexibility index (Phi) is 4.66. The summed E-state index contributed by atoms with van der Waals surface area (Å²) in [7, 11) is 0. The summed E-state index contributed by atoms with van der Waals surface area (Å²) in [6.45, 7) is 3.95. The molecule has 2 aromatic heterocycles. The van der Waals surface area contributed by atoms with Crippen molar-refractivity contribution in [1.29, 1.82) is 0 Å². The molecular formula is C22H27N7O. The van der Waals surface area contributed by atoms with Crippen molar-refractivity contribution in [3.8, 4) is 11.1 Å². The van der Waals surface area contributed by atoms with Gasteiger partial charge in [0.2, 0.25) is 5.95 Å². The number of piperidine rings is 1. The van der Waals surface area contributed by atoms with Crippen LogP contribution in [0.25, 0.3) is 11.1 Å². The lowest BCUT2D eigenvalue weighted by Crippen LogP contribution is -2.40. The molecule has 3 aromatic rings. The van der Waals surface area contributed by atoms with E-state index in [0.717, 1.165) is 42.9 Å². The van der Waals surface area contributed by atoms with Crippen LogP contribution in [0, 0.1) is 5.92 Å². The Bertz CT molecular complexity index is 1000. The van der Waals surface area contributed by atoms with Gasteiger partial charge in [-0.05, 0) is 49.7 Å². The highest BCUT2D eigenvalue weighted by atomic mass is 16.5. The predicted molar refractivity (Wildman–Crippen MR) is 115 cm³/mol. The van der Waals surface area contributed by atoms with Crippen LogP contribution in [0.5, 0.6) is 0 Å².